The quantitative estimate of drug-likeness (QED) is 0.400. The molecule has 0 amide bonds. The summed E-state index contributed by atoms with van der Waals surface area (Å²) in [7, 11) is -7.15. The van der Waals surface area contributed by atoms with Crippen LogP contribution in [0.4, 0.5) is 0 Å². The number of aryl methyl sites for hydroxylation is 1. The van der Waals surface area contributed by atoms with Gasteiger partial charge in [-0.05, 0) is 70.1 Å². The lowest BCUT2D eigenvalue weighted by atomic mass is 9.57. The van der Waals surface area contributed by atoms with Gasteiger partial charge in [-0.3, -0.25) is 4.40 Å². The van der Waals surface area contributed by atoms with Gasteiger partial charge in [0.25, 0.3) is 10.0 Å². The Morgan fingerprint density at radius 1 is 0.973 bits per heavy atom. The van der Waals surface area contributed by atoms with Gasteiger partial charge in [-0.25, -0.2) is 30.5 Å². The van der Waals surface area contributed by atoms with E-state index in [2.05, 4.69) is 19.9 Å². The summed E-state index contributed by atoms with van der Waals surface area (Å²) in [5.74, 6) is 0.789. The molecule has 3 atom stereocenters. The molecule has 0 radical (unpaired) electrons. The van der Waals surface area contributed by atoms with Crippen LogP contribution in [0.5, 0.6) is 0 Å². The lowest BCUT2D eigenvalue weighted by Crippen LogP contribution is -2.50. The molecule has 37 heavy (non-hydrogen) atoms. The summed E-state index contributed by atoms with van der Waals surface area (Å²) < 4.78 is 58.9. The summed E-state index contributed by atoms with van der Waals surface area (Å²) in [6.07, 6.45) is 8.86. The van der Waals surface area contributed by atoms with Crippen LogP contribution < -0.4 is 4.72 Å². The van der Waals surface area contributed by atoms with Gasteiger partial charge in [-0.15, -0.1) is 10.2 Å². The van der Waals surface area contributed by atoms with Crippen molar-refractivity contribution < 1.29 is 16.8 Å². The smallest absolute Gasteiger partial charge is 0.269 e. The molecule has 12 heteroatoms. The molecule has 1 aromatic carbocycles. The van der Waals surface area contributed by atoms with Crippen molar-refractivity contribution in [2.75, 3.05) is 0 Å². The van der Waals surface area contributed by atoms with Gasteiger partial charge in [0.05, 0.1) is 21.9 Å². The maximum absolute atomic E-state index is 13.5. The molecular formula is C25H26N6O4S2. The topological polar surface area (TPSA) is 128 Å². The van der Waals surface area contributed by atoms with E-state index in [0.29, 0.717) is 16.8 Å². The first kappa shape index (κ1) is 22.2. The van der Waals surface area contributed by atoms with Crippen LogP contribution in [-0.4, -0.2) is 51.2 Å². The second kappa shape index (κ2) is 6.59. The van der Waals surface area contributed by atoms with Gasteiger partial charge in [0.15, 0.2) is 11.3 Å². The van der Waals surface area contributed by atoms with E-state index in [1.807, 2.05) is 11.3 Å². The number of hydrogen-bond donors (Lipinski definition) is 1. The molecule has 192 valence electrons. The lowest BCUT2D eigenvalue weighted by Gasteiger charge is -2.47. The number of aromatic nitrogens is 5. The van der Waals surface area contributed by atoms with Crippen LogP contribution in [0.2, 0.25) is 0 Å². The standard InChI is InChI=1S/C25H26N6O4S2/c1-16-2-4-18(5-3-16)37(34,35)30-13-8-19-21(30)26-14-20-27-28-22(31(19)20)23-9-11-24(23)15-25(24,12-10-23)29-36(32,33)17-6-7-17/h2-5,8,13-14,17,29H,6-7,9-12,15H2,1H3. The van der Waals surface area contributed by atoms with Crippen LogP contribution in [0, 0.1) is 12.3 Å². The zero-order valence-corrected chi connectivity index (χ0v) is 21.9. The molecule has 10 nitrogen and oxygen atoms in total. The van der Waals surface area contributed by atoms with Gasteiger partial charge >= 0.3 is 0 Å². The molecule has 4 aliphatic carbocycles. The van der Waals surface area contributed by atoms with Crippen molar-refractivity contribution >= 4 is 36.9 Å². The molecule has 4 saturated carbocycles. The van der Waals surface area contributed by atoms with Crippen LogP contribution in [0.3, 0.4) is 0 Å². The fourth-order valence-corrected chi connectivity index (χ4v) is 10.5. The van der Waals surface area contributed by atoms with Gasteiger partial charge in [-0.1, -0.05) is 17.7 Å². The molecule has 8 rings (SSSR count). The molecule has 4 aliphatic rings. The third-order valence-corrected chi connectivity index (χ3v) is 13.3. The van der Waals surface area contributed by atoms with E-state index in [0.717, 1.165) is 56.3 Å². The van der Waals surface area contributed by atoms with Crippen molar-refractivity contribution in [2.45, 2.75) is 73.0 Å². The predicted molar refractivity (Wildman–Crippen MR) is 135 cm³/mol. The Morgan fingerprint density at radius 2 is 1.73 bits per heavy atom. The summed E-state index contributed by atoms with van der Waals surface area (Å²) >= 11 is 0. The Labute approximate surface area is 214 Å². The van der Waals surface area contributed by atoms with Crippen molar-refractivity contribution in [2.24, 2.45) is 5.41 Å². The monoisotopic (exact) mass is 538 g/mol. The Hall–Kier alpha value is -2.83. The molecule has 4 aromatic rings. The maximum Gasteiger partial charge on any atom is 0.269 e. The summed E-state index contributed by atoms with van der Waals surface area (Å²) in [6, 6.07) is 8.50. The molecule has 4 fully saturated rings. The molecule has 0 aliphatic heterocycles. The number of nitrogens with zero attached hydrogens (tertiary/aromatic N) is 5. The molecule has 1 spiro atoms. The second-order valence-electron chi connectivity index (χ2n) is 11.4. The molecule has 1 N–H and O–H groups in total. The number of hydrogen-bond acceptors (Lipinski definition) is 7. The molecule has 0 bridgehead atoms. The summed E-state index contributed by atoms with van der Waals surface area (Å²) in [4.78, 5) is 4.66. The number of nitrogens with one attached hydrogen (secondary N) is 1. The van der Waals surface area contributed by atoms with Crippen molar-refractivity contribution in [1.29, 1.82) is 0 Å². The minimum absolute atomic E-state index is 0.156. The van der Waals surface area contributed by atoms with Crippen LogP contribution in [0.1, 0.15) is 56.3 Å². The summed E-state index contributed by atoms with van der Waals surface area (Å²) in [5, 5.41) is 8.78. The Kier molecular flexibility index (Phi) is 3.95. The van der Waals surface area contributed by atoms with Crippen LogP contribution in [-0.2, 0) is 25.5 Å². The van der Waals surface area contributed by atoms with Crippen molar-refractivity contribution in [3.63, 3.8) is 0 Å². The Balaban J connectivity index is 1.25. The van der Waals surface area contributed by atoms with Gasteiger partial charge in [0.2, 0.25) is 10.0 Å². The van der Waals surface area contributed by atoms with E-state index < -0.39 is 25.6 Å². The first-order chi connectivity index (χ1) is 17.6. The fourth-order valence-electron chi connectivity index (χ4n) is 7.39. The molecule has 0 saturated heterocycles. The Morgan fingerprint density at radius 3 is 2.43 bits per heavy atom. The predicted octanol–water partition coefficient (Wildman–Crippen LogP) is 2.66. The maximum atomic E-state index is 13.5. The summed E-state index contributed by atoms with van der Waals surface area (Å²) in [6.45, 7) is 1.91. The minimum Gasteiger partial charge on any atom is -0.274 e. The number of benzene rings is 1. The lowest BCUT2D eigenvalue weighted by molar-refractivity contribution is 0.0934. The largest absolute Gasteiger partial charge is 0.274 e. The highest BCUT2D eigenvalue weighted by molar-refractivity contribution is 7.90. The first-order valence-corrected chi connectivity index (χ1v) is 15.7. The highest BCUT2D eigenvalue weighted by atomic mass is 32.2. The zero-order chi connectivity index (χ0) is 25.4. The first-order valence-electron chi connectivity index (χ1n) is 12.7. The van der Waals surface area contributed by atoms with Gasteiger partial charge in [-0.2, -0.15) is 0 Å². The normalized spacial score (nSPS) is 30.8. The van der Waals surface area contributed by atoms with Crippen LogP contribution in [0.25, 0.3) is 16.8 Å². The third-order valence-electron chi connectivity index (χ3n) is 9.61. The highest BCUT2D eigenvalue weighted by Crippen LogP contribution is 2.84. The van der Waals surface area contributed by atoms with Crippen molar-refractivity contribution in [1.82, 2.24) is 28.3 Å². The SMILES string of the molecule is Cc1ccc(S(=O)(=O)n2ccc3c2ncc2nnc(C45CCC6(NS(=O)(=O)C7CC7)CC64CC5)n23)cc1. The average Bonchev–Trinajstić information content (AvgIpc) is 3.70. The van der Waals surface area contributed by atoms with E-state index in [-0.39, 0.29) is 21.0 Å². The van der Waals surface area contributed by atoms with Gasteiger partial charge < -0.3 is 0 Å². The van der Waals surface area contributed by atoms with Crippen LogP contribution in [0.15, 0.2) is 47.6 Å². The van der Waals surface area contributed by atoms with Gasteiger partial charge in [0, 0.05) is 22.6 Å². The molecule has 3 unspecified atom stereocenters. The van der Waals surface area contributed by atoms with E-state index in [9.17, 15) is 16.8 Å². The van der Waals surface area contributed by atoms with Gasteiger partial charge in [0.1, 0.15) is 5.82 Å². The number of fused-ring (bicyclic) bond motifs is 3. The zero-order valence-electron chi connectivity index (χ0n) is 20.3. The highest BCUT2D eigenvalue weighted by Gasteiger charge is 2.85. The summed E-state index contributed by atoms with van der Waals surface area (Å²) in [5.41, 5.74) is 1.63. The molecule has 3 heterocycles. The molecule has 3 aromatic heterocycles. The molecular weight excluding hydrogens is 512 g/mol. The van der Waals surface area contributed by atoms with Crippen molar-refractivity contribution in [3.05, 3.63) is 54.1 Å². The minimum atomic E-state index is -3.85. The van der Waals surface area contributed by atoms with E-state index in [4.69, 9.17) is 0 Å². The average molecular weight is 539 g/mol. The van der Waals surface area contributed by atoms with E-state index in [1.165, 1.54) is 10.2 Å². The number of rotatable bonds is 6. The van der Waals surface area contributed by atoms with E-state index >= 15 is 0 Å². The van der Waals surface area contributed by atoms with Crippen molar-refractivity contribution in [3.8, 4) is 0 Å². The Bertz CT molecular complexity index is 1850. The van der Waals surface area contributed by atoms with E-state index in [1.54, 1.807) is 36.5 Å². The number of sulfonamides is 1. The second-order valence-corrected chi connectivity index (χ2v) is 15.2. The third kappa shape index (κ3) is 2.61. The van der Waals surface area contributed by atoms with Crippen LogP contribution >= 0.6 is 0 Å². The fraction of sp³-hybridized carbons (Fsp3) is 0.480.